The van der Waals surface area contributed by atoms with Crippen molar-refractivity contribution in [3.05, 3.63) is 48.6 Å². The predicted molar refractivity (Wildman–Crippen MR) is 146 cm³/mol. The highest BCUT2D eigenvalue weighted by atomic mass is 28.4. The van der Waals surface area contributed by atoms with Gasteiger partial charge in [-0.15, -0.1) is 6.58 Å². The number of ether oxygens (including phenoxy) is 3. The van der Waals surface area contributed by atoms with Gasteiger partial charge in [-0.3, -0.25) is 0 Å². The third-order valence-electron chi connectivity index (χ3n) is 7.20. The standard InChI is InChI=1S/C29H50O5Si/c1-10-14-24(30)19-26(33-35(8,9)27(2,3)4)21-29(7)20-25(32-28(5,6)34-29)17-18-31-22-23-15-12-11-13-16-23/h10-13,15-16,24-26,30H,1,14,17-22H2,2-9H3/t24-,25-,26?,29-/m0/s1. The van der Waals surface area contributed by atoms with Crippen LogP contribution in [0, 0.1) is 0 Å². The highest BCUT2D eigenvalue weighted by molar-refractivity contribution is 6.74. The Morgan fingerprint density at radius 2 is 1.86 bits per heavy atom. The largest absolute Gasteiger partial charge is 0.414 e. The van der Waals surface area contributed by atoms with E-state index >= 15 is 0 Å². The van der Waals surface area contributed by atoms with E-state index in [1.54, 1.807) is 6.08 Å². The van der Waals surface area contributed by atoms with Crippen LogP contribution in [0.4, 0.5) is 0 Å². The molecule has 4 atom stereocenters. The molecule has 6 heteroatoms. The van der Waals surface area contributed by atoms with Crippen LogP contribution in [0.3, 0.4) is 0 Å². The molecule has 1 fully saturated rings. The van der Waals surface area contributed by atoms with Crippen LogP contribution in [0.5, 0.6) is 0 Å². The van der Waals surface area contributed by atoms with Crippen molar-refractivity contribution in [1.29, 1.82) is 0 Å². The molecule has 1 aromatic carbocycles. The first kappa shape index (κ1) is 30.2. The number of hydrogen-bond acceptors (Lipinski definition) is 5. The van der Waals surface area contributed by atoms with E-state index in [2.05, 4.69) is 59.5 Å². The second-order valence-corrected chi connectivity index (χ2v) is 17.1. The summed E-state index contributed by atoms with van der Waals surface area (Å²) in [5, 5.41) is 10.7. The van der Waals surface area contributed by atoms with Gasteiger partial charge in [0.1, 0.15) is 0 Å². The molecular weight excluding hydrogens is 456 g/mol. The number of aliphatic hydroxyl groups is 1. The second-order valence-electron chi connectivity index (χ2n) is 12.3. The van der Waals surface area contributed by atoms with Gasteiger partial charge in [-0.25, -0.2) is 0 Å². The molecule has 1 aromatic rings. The molecule has 1 aliphatic heterocycles. The van der Waals surface area contributed by atoms with Crippen molar-refractivity contribution in [2.45, 2.75) is 128 Å². The number of aliphatic hydroxyl groups excluding tert-OH is 1. The molecule has 200 valence electrons. The van der Waals surface area contributed by atoms with Gasteiger partial charge < -0.3 is 23.7 Å². The van der Waals surface area contributed by atoms with Gasteiger partial charge in [-0.05, 0) is 63.7 Å². The molecule has 0 amide bonds. The zero-order valence-corrected chi connectivity index (χ0v) is 24.4. The number of hydrogen-bond donors (Lipinski definition) is 1. The van der Waals surface area contributed by atoms with Gasteiger partial charge in [-0.2, -0.15) is 0 Å². The summed E-state index contributed by atoms with van der Waals surface area (Å²) in [6, 6.07) is 10.2. The first-order valence-electron chi connectivity index (χ1n) is 13.1. The fraction of sp³-hybridized carbons (Fsp3) is 0.724. The molecule has 1 unspecified atom stereocenters. The van der Waals surface area contributed by atoms with Gasteiger partial charge in [0.25, 0.3) is 0 Å². The monoisotopic (exact) mass is 506 g/mol. The SMILES string of the molecule is C=CC[C@H](O)CC(C[C@]1(C)C[C@H](CCOCc2ccccc2)OC(C)(C)O1)O[Si](C)(C)C(C)(C)C. The van der Waals surface area contributed by atoms with Gasteiger partial charge in [0.15, 0.2) is 14.1 Å². The Morgan fingerprint density at radius 1 is 1.20 bits per heavy atom. The van der Waals surface area contributed by atoms with Crippen molar-refractivity contribution in [3.8, 4) is 0 Å². The van der Waals surface area contributed by atoms with Crippen LogP contribution in [-0.2, 0) is 25.2 Å². The molecule has 1 N–H and O–H groups in total. The molecular formula is C29H50O5Si. The summed E-state index contributed by atoms with van der Waals surface area (Å²) in [6.07, 6.45) is 4.65. The van der Waals surface area contributed by atoms with Gasteiger partial charge in [-0.1, -0.05) is 57.2 Å². The highest BCUT2D eigenvalue weighted by Crippen LogP contribution is 2.42. The molecule has 0 aliphatic carbocycles. The summed E-state index contributed by atoms with van der Waals surface area (Å²) in [5.74, 6) is -0.696. The van der Waals surface area contributed by atoms with E-state index in [1.165, 1.54) is 5.56 Å². The predicted octanol–water partition coefficient (Wildman–Crippen LogP) is 7.00. The lowest BCUT2D eigenvalue weighted by Gasteiger charge is -2.49. The molecule has 35 heavy (non-hydrogen) atoms. The molecule has 2 rings (SSSR count). The van der Waals surface area contributed by atoms with Crippen LogP contribution in [0.25, 0.3) is 0 Å². The first-order valence-corrected chi connectivity index (χ1v) is 16.0. The van der Waals surface area contributed by atoms with Crippen molar-refractivity contribution >= 4 is 8.32 Å². The zero-order chi connectivity index (χ0) is 26.3. The van der Waals surface area contributed by atoms with Gasteiger partial charge in [0.2, 0.25) is 0 Å². The number of rotatable bonds is 13. The molecule has 0 radical (unpaired) electrons. The van der Waals surface area contributed by atoms with Crippen molar-refractivity contribution < 1.29 is 23.7 Å². The first-order chi connectivity index (χ1) is 16.1. The van der Waals surface area contributed by atoms with E-state index < -0.39 is 25.8 Å². The van der Waals surface area contributed by atoms with Gasteiger partial charge >= 0.3 is 0 Å². The fourth-order valence-corrected chi connectivity index (χ4v) is 6.06. The third-order valence-corrected chi connectivity index (χ3v) is 11.7. The lowest BCUT2D eigenvalue weighted by molar-refractivity contribution is -0.335. The van der Waals surface area contributed by atoms with E-state index in [0.717, 1.165) is 12.8 Å². The fourth-order valence-electron chi connectivity index (χ4n) is 4.69. The Labute approximate surface area is 215 Å². The van der Waals surface area contributed by atoms with Crippen molar-refractivity contribution in [3.63, 3.8) is 0 Å². The quantitative estimate of drug-likeness (QED) is 0.177. The summed E-state index contributed by atoms with van der Waals surface area (Å²) in [7, 11) is -2.03. The van der Waals surface area contributed by atoms with Crippen molar-refractivity contribution in [2.24, 2.45) is 0 Å². The zero-order valence-electron chi connectivity index (χ0n) is 23.4. The minimum atomic E-state index is -2.03. The topological polar surface area (TPSA) is 57.2 Å². The molecule has 5 nitrogen and oxygen atoms in total. The highest BCUT2D eigenvalue weighted by Gasteiger charge is 2.46. The summed E-state index contributed by atoms with van der Waals surface area (Å²) in [6.45, 7) is 22.4. The summed E-state index contributed by atoms with van der Waals surface area (Å²) >= 11 is 0. The molecule has 1 heterocycles. The Hall–Kier alpha value is -1.02. The molecule has 1 aliphatic rings. The Bertz CT molecular complexity index is 773. The number of benzene rings is 1. The van der Waals surface area contributed by atoms with Gasteiger partial charge in [0, 0.05) is 19.4 Å². The normalized spacial score (nSPS) is 24.7. The van der Waals surface area contributed by atoms with E-state index in [-0.39, 0.29) is 17.2 Å². The summed E-state index contributed by atoms with van der Waals surface area (Å²) in [4.78, 5) is 0. The van der Waals surface area contributed by atoms with Crippen LogP contribution >= 0.6 is 0 Å². The lowest BCUT2D eigenvalue weighted by Crippen LogP contribution is -2.54. The summed E-state index contributed by atoms with van der Waals surface area (Å²) < 4.78 is 25.6. The average molecular weight is 507 g/mol. The Balaban J connectivity index is 2.06. The third kappa shape index (κ3) is 10.1. The minimum Gasteiger partial charge on any atom is -0.414 e. The molecule has 0 spiro atoms. The smallest absolute Gasteiger partial charge is 0.192 e. The van der Waals surface area contributed by atoms with E-state index in [1.807, 2.05) is 32.0 Å². The minimum absolute atomic E-state index is 0.0335. The van der Waals surface area contributed by atoms with Crippen LogP contribution in [0.2, 0.25) is 18.1 Å². The maximum absolute atomic E-state index is 10.6. The second kappa shape index (κ2) is 12.5. The van der Waals surface area contributed by atoms with Crippen molar-refractivity contribution in [1.82, 2.24) is 0 Å². The van der Waals surface area contributed by atoms with Crippen LogP contribution in [-0.4, -0.2) is 49.7 Å². The van der Waals surface area contributed by atoms with E-state index in [0.29, 0.717) is 32.5 Å². The van der Waals surface area contributed by atoms with Crippen LogP contribution in [0.15, 0.2) is 43.0 Å². The lowest BCUT2D eigenvalue weighted by atomic mass is 9.87. The molecule has 0 saturated carbocycles. The average Bonchev–Trinajstić information content (AvgIpc) is 2.69. The Kier molecular flexibility index (Phi) is 10.8. The van der Waals surface area contributed by atoms with Crippen LogP contribution in [0.1, 0.15) is 79.2 Å². The van der Waals surface area contributed by atoms with Crippen molar-refractivity contribution in [2.75, 3.05) is 6.61 Å². The van der Waals surface area contributed by atoms with Crippen LogP contribution < -0.4 is 0 Å². The maximum atomic E-state index is 10.6. The summed E-state index contributed by atoms with van der Waals surface area (Å²) in [5.41, 5.74) is 0.751. The van der Waals surface area contributed by atoms with E-state index in [4.69, 9.17) is 18.6 Å². The van der Waals surface area contributed by atoms with Gasteiger partial charge in [0.05, 0.1) is 30.5 Å². The Morgan fingerprint density at radius 3 is 2.46 bits per heavy atom. The van der Waals surface area contributed by atoms with E-state index in [9.17, 15) is 5.11 Å². The maximum Gasteiger partial charge on any atom is 0.192 e. The molecule has 0 bridgehead atoms. The molecule has 0 aromatic heterocycles. The molecule has 1 saturated heterocycles.